The van der Waals surface area contributed by atoms with Crippen molar-refractivity contribution >= 4 is 16.9 Å². The molecule has 0 bridgehead atoms. The summed E-state index contributed by atoms with van der Waals surface area (Å²) in [4.78, 5) is 16.5. The molecule has 1 aromatic heterocycles. The highest BCUT2D eigenvalue weighted by atomic mass is 16.5. The molecule has 1 heterocycles. The molecule has 4 rings (SSSR count). The Balaban J connectivity index is 1.72. The van der Waals surface area contributed by atoms with Gasteiger partial charge in [-0.15, -0.1) is 0 Å². The predicted molar refractivity (Wildman–Crippen MR) is 93.8 cm³/mol. The summed E-state index contributed by atoms with van der Waals surface area (Å²) in [6.45, 7) is 0. The topological polar surface area (TPSA) is 39.2 Å². The number of methoxy groups -OCH3 is 1. The van der Waals surface area contributed by atoms with E-state index < -0.39 is 0 Å². The average molecular weight is 317 g/mol. The van der Waals surface area contributed by atoms with E-state index in [0.29, 0.717) is 5.92 Å². The van der Waals surface area contributed by atoms with Crippen LogP contribution in [0.2, 0.25) is 0 Å². The Morgan fingerprint density at radius 2 is 1.88 bits per heavy atom. The van der Waals surface area contributed by atoms with Crippen molar-refractivity contribution in [1.82, 2.24) is 4.98 Å². The van der Waals surface area contributed by atoms with Gasteiger partial charge in [-0.3, -0.25) is 9.78 Å². The molecule has 1 fully saturated rings. The molecule has 0 spiro atoms. The van der Waals surface area contributed by atoms with E-state index in [2.05, 4.69) is 41.4 Å². The van der Waals surface area contributed by atoms with Gasteiger partial charge in [0.2, 0.25) is 0 Å². The Labute approximate surface area is 141 Å². The summed E-state index contributed by atoms with van der Waals surface area (Å²) in [5, 5.41) is 1.14. The van der Waals surface area contributed by atoms with Crippen LogP contribution in [0.15, 0.2) is 66.9 Å². The van der Waals surface area contributed by atoms with Crippen molar-refractivity contribution in [2.75, 3.05) is 7.11 Å². The molecule has 0 N–H and O–H groups in total. The van der Waals surface area contributed by atoms with Gasteiger partial charge in [0.1, 0.15) is 0 Å². The van der Waals surface area contributed by atoms with Crippen LogP contribution in [0.5, 0.6) is 0 Å². The van der Waals surface area contributed by atoms with E-state index in [1.807, 2.05) is 30.5 Å². The highest BCUT2D eigenvalue weighted by Crippen LogP contribution is 2.54. The van der Waals surface area contributed by atoms with Gasteiger partial charge in [-0.25, -0.2) is 0 Å². The normalized spacial score (nSPS) is 22.8. The predicted octanol–water partition coefficient (Wildman–Crippen LogP) is 4.30. The molecule has 24 heavy (non-hydrogen) atoms. The average Bonchev–Trinajstić information content (AvgIpc) is 2.61. The lowest BCUT2D eigenvalue weighted by Crippen LogP contribution is -2.39. The summed E-state index contributed by atoms with van der Waals surface area (Å²) in [5.74, 6) is 0.337. The fourth-order valence-corrected chi connectivity index (χ4v) is 3.85. The van der Waals surface area contributed by atoms with E-state index in [1.165, 1.54) is 18.2 Å². The minimum Gasteiger partial charge on any atom is -0.469 e. The van der Waals surface area contributed by atoms with Crippen molar-refractivity contribution in [3.63, 3.8) is 0 Å². The van der Waals surface area contributed by atoms with E-state index in [4.69, 9.17) is 4.74 Å². The molecule has 2 aromatic carbocycles. The number of carbonyl (C=O) groups excluding carboxylic acids is 1. The lowest BCUT2D eigenvalue weighted by molar-refractivity contribution is -0.150. The van der Waals surface area contributed by atoms with Crippen LogP contribution in [0.3, 0.4) is 0 Å². The molecule has 0 radical (unpaired) electrons. The molecule has 3 nitrogen and oxygen atoms in total. The van der Waals surface area contributed by atoms with Gasteiger partial charge in [0.15, 0.2) is 0 Å². The van der Waals surface area contributed by atoms with Crippen molar-refractivity contribution in [2.45, 2.75) is 18.3 Å². The largest absolute Gasteiger partial charge is 0.469 e. The molecule has 0 aliphatic heterocycles. The molecule has 3 aromatic rings. The first kappa shape index (κ1) is 14.9. The summed E-state index contributed by atoms with van der Waals surface area (Å²) >= 11 is 0. The number of rotatable bonds is 3. The number of hydrogen-bond acceptors (Lipinski definition) is 3. The van der Waals surface area contributed by atoms with E-state index in [9.17, 15) is 4.79 Å². The number of esters is 1. The number of hydrogen-bond donors (Lipinski definition) is 0. The number of carbonyl (C=O) groups is 1. The van der Waals surface area contributed by atoms with E-state index in [-0.39, 0.29) is 17.8 Å². The first-order valence-electron chi connectivity index (χ1n) is 8.25. The molecule has 3 unspecified atom stereocenters. The first-order valence-corrected chi connectivity index (χ1v) is 8.25. The van der Waals surface area contributed by atoms with E-state index in [1.54, 1.807) is 0 Å². The van der Waals surface area contributed by atoms with Gasteiger partial charge in [0.25, 0.3) is 0 Å². The number of aromatic nitrogens is 1. The zero-order valence-corrected chi connectivity index (χ0v) is 13.6. The third-order valence-electron chi connectivity index (χ3n) is 5.12. The van der Waals surface area contributed by atoms with Crippen LogP contribution in [-0.2, 0) is 9.53 Å². The Morgan fingerprint density at radius 3 is 2.67 bits per heavy atom. The Bertz CT molecular complexity index is 875. The Morgan fingerprint density at radius 1 is 1.04 bits per heavy atom. The third kappa shape index (κ3) is 2.46. The summed E-state index contributed by atoms with van der Waals surface area (Å²) in [5.41, 5.74) is 3.47. The Hall–Kier alpha value is -2.68. The van der Waals surface area contributed by atoms with Crippen molar-refractivity contribution in [3.8, 4) is 0 Å². The maximum atomic E-state index is 12.1. The zero-order valence-electron chi connectivity index (χ0n) is 13.6. The second kappa shape index (κ2) is 6.08. The summed E-state index contributed by atoms with van der Waals surface area (Å²) < 4.78 is 5.01. The van der Waals surface area contributed by atoms with Gasteiger partial charge >= 0.3 is 5.97 Å². The van der Waals surface area contributed by atoms with Crippen molar-refractivity contribution in [3.05, 3.63) is 78.0 Å². The van der Waals surface area contributed by atoms with Crippen molar-refractivity contribution < 1.29 is 9.53 Å². The van der Waals surface area contributed by atoms with Gasteiger partial charge in [-0.05, 0) is 41.7 Å². The third-order valence-corrected chi connectivity index (χ3v) is 5.12. The second-order valence-corrected chi connectivity index (χ2v) is 6.36. The van der Waals surface area contributed by atoms with E-state index >= 15 is 0 Å². The van der Waals surface area contributed by atoms with Gasteiger partial charge in [-0.1, -0.05) is 42.5 Å². The molecule has 0 saturated heterocycles. The maximum Gasteiger partial charge on any atom is 0.309 e. The van der Waals surface area contributed by atoms with Gasteiger partial charge in [0, 0.05) is 17.5 Å². The maximum absolute atomic E-state index is 12.1. The first-order chi connectivity index (χ1) is 11.8. The van der Waals surface area contributed by atoms with Crippen LogP contribution >= 0.6 is 0 Å². The zero-order chi connectivity index (χ0) is 16.5. The SMILES string of the molecule is COC(=O)C1CC(c2ccc3ncccc3c2)C1c1ccccc1. The fraction of sp³-hybridized carbons (Fsp3) is 0.238. The fourth-order valence-electron chi connectivity index (χ4n) is 3.85. The summed E-state index contributed by atoms with van der Waals surface area (Å²) in [6.07, 6.45) is 2.64. The lowest BCUT2D eigenvalue weighted by atomic mass is 9.59. The van der Waals surface area contributed by atoms with Crippen molar-refractivity contribution in [2.24, 2.45) is 5.92 Å². The molecule has 120 valence electrons. The molecule has 3 heteroatoms. The number of ether oxygens (including phenoxy) is 1. The van der Waals surface area contributed by atoms with Crippen LogP contribution in [0, 0.1) is 5.92 Å². The number of benzene rings is 2. The molecular weight excluding hydrogens is 298 g/mol. The minimum absolute atomic E-state index is 0.0630. The number of fused-ring (bicyclic) bond motifs is 1. The lowest BCUT2D eigenvalue weighted by Gasteiger charge is -2.43. The molecule has 1 saturated carbocycles. The standard InChI is InChI=1S/C21H19NO2/c1-24-21(23)18-13-17(20(18)14-6-3-2-4-7-14)15-9-10-19-16(12-15)8-5-11-22-19/h2-12,17-18,20H,13H2,1H3. The molecule has 0 amide bonds. The second-order valence-electron chi connectivity index (χ2n) is 6.36. The smallest absolute Gasteiger partial charge is 0.309 e. The van der Waals surface area contributed by atoms with Gasteiger partial charge in [-0.2, -0.15) is 0 Å². The van der Waals surface area contributed by atoms with Crippen LogP contribution in [-0.4, -0.2) is 18.1 Å². The van der Waals surface area contributed by atoms with Gasteiger partial charge < -0.3 is 4.74 Å². The van der Waals surface area contributed by atoms with Crippen LogP contribution in [0.4, 0.5) is 0 Å². The molecular formula is C21H19NO2. The molecule has 1 aliphatic rings. The van der Waals surface area contributed by atoms with Crippen molar-refractivity contribution in [1.29, 1.82) is 0 Å². The minimum atomic E-state index is -0.109. The highest BCUT2D eigenvalue weighted by Gasteiger charge is 2.47. The van der Waals surface area contributed by atoms with E-state index in [0.717, 1.165) is 17.3 Å². The quantitative estimate of drug-likeness (QED) is 0.676. The van der Waals surface area contributed by atoms with Crippen LogP contribution in [0.25, 0.3) is 10.9 Å². The number of pyridine rings is 1. The molecule has 1 aliphatic carbocycles. The van der Waals surface area contributed by atoms with Gasteiger partial charge in [0.05, 0.1) is 18.5 Å². The number of nitrogens with zero attached hydrogens (tertiary/aromatic N) is 1. The highest BCUT2D eigenvalue weighted by molar-refractivity contribution is 5.80. The summed E-state index contributed by atoms with van der Waals surface area (Å²) in [7, 11) is 1.47. The van der Waals surface area contributed by atoms with Crippen LogP contribution < -0.4 is 0 Å². The summed E-state index contributed by atoms with van der Waals surface area (Å²) in [6, 6.07) is 20.7. The van der Waals surface area contributed by atoms with Crippen LogP contribution in [0.1, 0.15) is 29.4 Å². The monoisotopic (exact) mass is 317 g/mol. The Kier molecular flexibility index (Phi) is 3.77. The molecule has 3 atom stereocenters.